The van der Waals surface area contributed by atoms with Gasteiger partial charge in [0.2, 0.25) is 5.91 Å². The third-order valence-electron chi connectivity index (χ3n) is 6.28. The number of hydrogen-bond acceptors (Lipinski definition) is 5. The summed E-state index contributed by atoms with van der Waals surface area (Å²) in [4.78, 5) is 26.3. The number of anilines is 1. The molecule has 0 spiro atoms. The van der Waals surface area contributed by atoms with Crippen LogP contribution in [0.2, 0.25) is 5.02 Å². The zero-order valence-electron chi connectivity index (χ0n) is 17.7. The summed E-state index contributed by atoms with van der Waals surface area (Å²) >= 11 is 6.44. The molecule has 4 heterocycles. The van der Waals surface area contributed by atoms with Crippen molar-refractivity contribution in [2.75, 3.05) is 31.6 Å². The quantitative estimate of drug-likeness (QED) is 0.726. The molecule has 2 aliphatic rings. The Morgan fingerprint density at radius 1 is 1.17 bits per heavy atom. The molecule has 6 nitrogen and oxygen atoms in total. The fraction of sp³-hybridized carbons (Fsp3) is 0.522. The van der Waals surface area contributed by atoms with Gasteiger partial charge in [-0.05, 0) is 56.7 Å². The van der Waals surface area contributed by atoms with Crippen LogP contribution in [0.3, 0.4) is 0 Å². The molecule has 160 valence electrons. The Morgan fingerprint density at radius 3 is 2.70 bits per heavy atom. The number of piperidine rings is 2. The molecule has 0 radical (unpaired) electrons. The predicted octanol–water partition coefficient (Wildman–Crippen LogP) is 4.31. The highest BCUT2D eigenvalue weighted by molar-refractivity contribution is 6.33. The first-order valence-electron chi connectivity index (χ1n) is 10.7. The number of likely N-dealkylation sites (tertiary alicyclic amines) is 1. The Balaban J connectivity index is 1.45. The second-order valence-electron chi connectivity index (χ2n) is 8.17. The minimum Gasteiger partial charge on any atom is -0.362 e. The summed E-state index contributed by atoms with van der Waals surface area (Å²) in [6, 6.07) is 5.97. The number of pyridine rings is 2. The lowest BCUT2D eigenvalue weighted by Crippen LogP contribution is -2.49. The molecule has 2 fully saturated rings. The normalized spacial score (nSPS) is 20.4. The Labute approximate surface area is 183 Å². The van der Waals surface area contributed by atoms with Crippen molar-refractivity contribution in [1.29, 1.82) is 0 Å². The van der Waals surface area contributed by atoms with Crippen LogP contribution in [0.5, 0.6) is 0 Å². The van der Waals surface area contributed by atoms with Crippen LogP contribution in [0.1, 0.15) is 37.7 Å². The molecule has 0 bridgehead atoms. The predicted molar refractivity (Wildman–Crippen MR) is 119 cm³/mol. The maximum absolute atomic E-state index is 13.1. The highest BCUT2D eigenvalue weighted by Gasteiger charge is 2.33. The molecule has 2 saturated heterocycles. The zero-order chi connectivity index (χ0) is 21.1. The summed E-state index contributed by atoms with van der Waals surface area (Å²) in [7, 11) is 1.70. The Morgan fingerprint density at radius 2 is 1.97 bits per heavy atom. The van der Waals surface area contributed by atoms with E-state index in [-0.39, 0.29) is 18.1 Å². The molecular formula is C23H29ClN4O2. The van der Waals surface area contributed by atoms with Crippen LogP contribution in [-0.2, 0) is 9.53 Å². The molecule has 30 heavy (non-hydrogen) atoms. The van der Waals surface area contributed by atoms with Crippen LogP contribution in [0, 0.1) is 12.8 Å². The summed E-state index contributed by atoms with van der Waals surface area (Å²) in [6.07, 6.45) is 8.20. The van der Waals surface area contributed by atoms with E-state index in [4.69, 9.17) is 16.3 Å². The first-order valence-corrected chi connectivity index (χ1v) is 11.1. The van der Waals surface area contributed by atoms with E-state index in [1.807, 2.05) is 30.0 Å². The van der Waals surface area contributed by atoms with Gasteiger partial charge >= 0.3 is 0 Å². The molecular weight excluding hydrogens is 400 g/mol. The summed E-state index contributed by atoms with van der Waals surface area (Å²) in [6.45, 7) is 4.45. The second-order valence-corrected chi connectivity index (χ2v) is 8.58. The third kappa shape index (κ3) is 4.30. The van der Waals surface area contributed by atoms with Crippen LogP contribution >= 0.6 is 11.6 Å². The SMILES string of the molecule is CO[C@@H]1CCCCN1C(=O)C1CCN(c2cc(-c3ncccc3C)c(Cl)cn2)CC1. The number of ether oxygens (including phenoxy) is 1. The largest absolute Gasteiger partial charge is 0.362 e. The monoisotopic (exact) mass is 428 g/mol. The van der Waals surface area contributed by atoms with E-state index in [0.29, 0.717) is 5.02 Å². The van der Waals surface area contributed by atoms with Gasteiger partial charge in [-0.1, -0.05) is 17.7 Å². The number of aromatic nitrogens is 2. The van der Waals surface area contributed by atoms with Crippen LogP contribution < -0.4 is 4.90 Å². The maximum atomic E-state index is 13.1. The van der Waals surface area contributed by atoms with E-state index in [2.05, 4.69) is 14.9 Å². The highest BCUT2D eigenvalue weighted by Crippen LogP contribution is 2.33. The standard InChI is InChI=1S/C23H29ClN4O2/c1-16-6-5-10-25-22(16)18-14-20(26-15-19(18)24)27-12-8-17(9-13-27)23(29)28-11-4-3-7-21(28)30-2/h5-6,10,14-15,17,21H,3-4,7-9,11-13H2,1-2H3/t21-/m1/s1. The van der Waals surface area contributed by atoms with Gasteiger partial charge in [-0.25, -0.2) is 4.98 Å². The van der Waals surface area contributed by atoms with Crippen molar-refractivity contribution in [3.63, 3.8) is 0 Å². The Bertz CT molecular complexity index is 899. The Hall–Kier alpha value is -2.18. The second kappa shape index (κ2) is 9.31. The highest BCUT2D eigenvalue weighted by atomic mass is 35.5. The van der Waals surface area contributed by atoms with E-state index >= 15 is 0 Å². The topological polar surface area (TPSA) is 58.6 Å². The van der Waals surface area contributed by atoms with Gasteiger partial charge in [0.15, 0.2) is 0 Å². The van der Waals surface area contributed by atoms with Gasteiger partial charge in [0.1, 0.15) is 12.0 Å². The van der Waals surface area contributed by atoms with Crippen molar-refractivity contribution in [3.8, 4) is 11.3 Å². The van der Waals surface area contributed by atoms with Crippen LogP contribution in [0.15, 0.2) is 30.6 Å². The lowest BCUT2D eigenvalue weighted by molar-refractivity contribution is -0.152. The summed E-state index contributed by atoms with van der Waals surface area (Å²) in [5.41, 5.74) is 2.86. The fourth-order valence-corrected chi connectivity index (χ4v) is 4.73. The van der Waals surface area contributed by atoms with Gasteiger partial charge in [0.25, 0.3) is 0 Å². The molecule has 0 N–H and O–H groups in total. The van der Waals surface area contributed by atoms with E-state index in [0.717, 1.165) is 74.4 Å². The first-order chi connectivity index (χ1) is 14.6. The number of halogens is 1. The number of nitrogens with zero attached hydrogens (tertiary/aromatic N) is 4. The van der Waals surface area contributed by atoms with Gasteiger partial charge in [-0.3, -0.25) is 9.78 Å². The van der Waals surface area contributed by atoms with E-state index in [1.165, 1.54) is 0 Å². The van der Waals surface area contributed by atoms with Gasteiger partial charge in [0.05, 0.1) is 10.7 Å². The number of carbonyl (C=O) groups is 1. The number of amides is 1. The van der Waals surface area contributed by atoms with Gasteiger partial charge in [0, 0.05) is 50.6 Å². The van der Waals surface area contributed by atoms with Crippen LogP contribution in [-0.4, -0.2) is 53.7 Å². The number of carbonyl (C=O) groups excluding carboxylic acids is 1. The molecule has 1 amide bonds. The first kappa shape index (κ1) is 21.1. The average molecular weight is 429 g/mol. The molecule has 0 unspecified atom stereocenters. The summed E-state index contributed by atoms with van der Waals surface area (Å²) in [5.74, 6) is 1.19. The van der Waals surface area contributed by atoms with Crippen molar-refractivity contribution < 1.29 is 9.53 Å². The summed E-state index contributed by atoms with van der Waals surface area (Å²) in [5, 5.41) is 0.598. The molecule has 0 saturated carbocycles. The molecule has 2 aromatic heterocycles. The van der Waals surface area contributed by atoms with Crippen LogP contribution in [0.4, 0.5) is 5.82 Å². The fourth-order valence-electron chi connectivity index (χ4n) is 4.54. The van der Waals surface area contributed by atoms with Crippen molar-refractivity contribution in [2.45, 2.75) is 45.3 Å². The molecule has 7 heteroatoms. The minimum absolute atomic E-state index is 0.0572. The van der Waals surface area contributed by atoms with Crippen LogP contribution in [0.25, 0.3) is 11.3 Å². The van der Waals surface area contributed by atoms with Gasteiger partial charge in [-0.2, -0.15) is 0 Å². The zero-order valence-corrected chi connectivity index (χ0v) is 18.4. The van der Waals surface area contributed by atoms with Crippen molar-refractivity contribution in [2.24, 2.45) is 5.92 Å². The molecule has 0 aromatic carbocycles. The Kier molecular flexibility index (Phi) is 6.54. The average Bonchev–Trinajstić information content (AvgIpc) is 2.79. The number of rotatable bonds is 4. The maximum Gasteiger partial charge on any atom is 0.227 e. The summed E-state index contributed by atoms with van der Waals surface area (Å²) < 4.78 is 5.55. The third-order valence-corrected chi connectivity index (χ3v) is 6.58. The van der Waals surface area contributed by atoms with E-state index in [9.17, 15) is 4.79 Å². The lowest BCUT2D eigenvalue weighted by atomic mass is 9.94. The van der Waals surface area contributed by atoms with Gasteiger partial charge < -0.3 is 14.5 Å². The minimum atomic E-state index is -0.0635. The van der Waals surface area contributed by atoms with E-state index < -0.39 is 0 Å². The molecule has 0 aliphatic carbocycles. The van der Waals surface area contributed by atoms with Gasteiger partial charge in [-0.15, -0.1) is 0 Å². The number of aryl methyl sites for hydroxylation is 1. The molecule has 2 aliphatic heterocycles. The van der Waals surface area contributed by atoms with Crippen molar-refractivity contribution in [3.05, 3.63) is 41.2 Å². The number of hydrogen-bond donors (Lipinski definition) is 0. The lowest BCUT2D eigenvalue weighted by Gasteiger charge is -2.39. The van der Waals surface area contributed by atoms with Crippen molar-refractivity contribution in [1.82, 2.24) is 14.9 Å². The molecule has 2 aromatic rings. The van der Waals surface area contributed by atoms with Crippen molar-refractivity contribution >= 4 is 23.3 Å². The molecule has 4 rings (SSSR count). The smallest absolute Gasteiger partial charge is 0.227 e. The molecule has 1 atom stereocenters. The number of methoxy groups -OCH3 is 1. The van der Waals surface area contributed by atoms with E-state index in [1.54, 1.807) is 19.5 Å².